The highest BCUT2D eigenvalue weighted by atomic mass is 16.7. The van der Waals surface area contributed by atoms with E-state index in [9.17, 15) is 24.0 Å². The third kappa shape index (κ3) is 5.71. The highest BCUT2D eigenvalue weighted by molar-refractivity contribution is 5.81. The van der Waals surface area contributed by atoms with Crippen molar-refractivity contribution in [1.82, 2.24) is 0 Å². The predicted molar refractivity (Wildman–Crippen MR) is 76.3 cm³/mol. The second kappa shape index (κ2) is 8.42. The van der Waals surface area contributed by atoms with Gasteiger partial charge in [0.05, 0.1) is 0 Å². The van der Waals surface area contributed by atoms with Crippen LogP contribution in [0.25, 0.3) is 0 Å². The van der Waals surface area contributed by atoms with Gasteiger partial charge in [-0.05, 0) is 0 Å². The molecule has 25 heavy (non-hydrogen) atoms. The Morgan fingerprint density at radius 1 is 0.680 bits per heavy atom. The lowest BCUT2D eigenvalue weighted by Gasteiger charge is -2.42. The largest absolute Gasteiger partial charge is 0.455 e. The van der Waals surface area contributed by atoms with E-state index >= 15 is 0 Å². The van der Waals surface area contributed by atoms with E-state index in [0.29, 0.717) is 0 Å². The van der Waals surface area contributed by atoms with Gasteiger partial charge in [-0.25, -0.2) is 0 Å². The van der Waals surface area contributed by atoms with Crippen LogP contribution in [-0.4, -0.2) is 60.5 Å². The fourth-order valence-corrected chi connectivity index (χ4v) is 2.26. The summed E-state index contributed by atoms with van der Waals surface area (Å²) in [6, 6.07) is 0. The molecule has 0 aromatic heterocycles. The number of nitrogens with two attached hydrogens (primary N) is 1. The molecule has 0 aromatic rings. The maximum atomic E-state index is 11.7. The molecule has 0 saturated carbocycles. The topological polar surface area (TPSA) is 158 Å². The number of hydrogen-bond donors (Lipinski definition) is 1. The summed E-state index contributed by atoms with van der Waals surface area (Å²) in [5.74, 6) is -4.36. The van der Waals surface area contributed by atoms with Crippen molar-refractivity contribution in [2.45, 2.75) is 58.4 Å². The molecule has 0 bridgehead atoms. The maximum Gasteiger partial charge on any atom is 0.305 e. The van der Waals surface area contributed by atoms with Gasteiger partial charge in [0.25, 0.3) is 5.91 Å². The Labute approximate surface area is 142 Å². The van der Waals surface area contributed by atoms with Crippen LogP contribution in [-0.2, 0) is 47.7 Å². The van der Waals surface area contributed by atoms with Crippen LogP contribution in [0.2, 0.25) is 0 Å². The molecule has 140 valence electrons. The van der Waals surface area contributed by atoms with Crippen LogP contribution in [0.3, 0.4) is 0 Å². The third-order valence-electron chi connectivity index (χ3n) is 2.96. The first-order chi connectivity index (χ1) is 11.5. The van der Waals surface area contributed by atoms with Crippen LogP contribution >= 0.6 is 0 Å². The molecular weight excluding hydrogens is 342 g/mol. The molecule has 1 rings (SSSR count). The van der Waals surface area contributed by atoms with E-state index in [1.54, 1.807) is 0 Å². The summed E-state index contributed by atoms with van der Waals surface area (Å²) in [7, 11) is 0. The van der Waals surface area contributed by atoms with Crippen LogP contribution in [0, 0.1) is 0 Å². The number of carbonyl (C=O) groups is 5. The van der Waals surface area contributed by atoms with Crippen molar-refractivity contribution in [2.75, 3.05) is 0 Å². The molecule has 11 nitrogen and oxygen atoms in total. The van der Waals surface area contributed by atoms with E-state index in [2.05, 4.69) is 0 Å². The normalized spacial score (nSPS) is 28.4. The Morgan fingerprint density at radius 2 is 1.08 bits per heavy atom. The van der Waals surface area contributed by atoms with E-state index in [1.165, 1.54) is 0 Å². The minimum Gasteiger partial charge on any atom is -0.455 e. The van der Waals surface area contributed by atoms with Gasteiger partial charge in [-0.15, -0.1) is 0 Å². The predicted octanol–water partition coefficient (Wildman–Crippen LogP) is -1.45. The molecule has 1 amide bonds. The van der Waals surface area contributed by atoms with Crippen LogP contribution in [0.15, 0.2) is 0 Å². The molecule has 0 aliphatic carbocycles. The van der Waals surface area contributed by atoms with Gasteiger partial charge in [0, 0.05) is 27.7 Å². The number of rotatable bonds is 5. The Morgan fingerprint density at radius 3 is 1.48 bits per heavy atom. The van der Waals surface area contributed by atoms with E-state index in [1.807, 2.05) is 0 Å². The summed E-state index contributed by atoms with van der Waals surface area (Å²) >= 11 is 0. The summed E-state index contributed by atoms with van der Waals surface area (Å²) < 4.78 is 25.1. The fourth-order valence-electron chi connectivity index (χ4n) is 2.26. The highest BCUT2D eigenvalue weighted by Gasteiger charge is 2.55. The Hall–Kier alpha value is -2.69. The van der Waals surface area contributed by atoms with Crippen molar-refractivity contribution in [2.24, 2.45) is 5.73 Å². The second-order valence-corrected chi connectivity index (χ2v) is 5.16. The summed E-state index contributed by atoms with van der Waals surface area (Å²) in [4.78, 5) is 57.0. The van der Waals surface area contributed by atoms with Gasteiger partial charge in [0.2, 0.25) is 12.4 Å². The lowest BCUT2D eigenvalue weighted by atomic mass is 9.97. The second-order valence-electron chi connectivity index (χ2n) is 5.16. The summed E-state index contributed by atoms with van der Waals surface area (Å²) in [5.41, 5.74) is 5.22. The van der Waals surface area contributed by atoms with E-state index in [0.717, 1.165) is 27.7 Å². The first-order valence-electron chi connectivity index (χ1n) is 7.16. The van der Waals surface area contributed by atoms with Gasteiger partial charge in [0.15, 0.2) is 18.3 Å². The average Bonchev–Trinajstić information content (AvgIpc) is 2.42. The van der Waals surface area contributed by atoms with Crippen molar-refractivity contribution in [3.63, 3.8) is 0 Å². The number of esters is 4. The quantitative estimate of drug-likeness (QED) is 0.454. The molecule has 1 aliphatic heterocycles. The zero-order valence-corrected chi connectivity index (χ0v) is 14.0. The summed E-state index contributed by atoms with van der Waals surface area (Å²) in [6.45, 7) is 4.19. The van der Waals surface area contributed by atoms with Gasteiger partial charge in [-0.1, -0.05) is 0 Å². The molecule has 0 unspecified atom stereocenters. The van der Waals surface area contributed by atoms with E-state index < -0.39 is 60.5 Å². The minimum atomic E-state index is -1.61. The van der Waals surface area contributed by atoms with Crippen molar-refractivity contribution in [1.29, 1.82) is 0 Å². The molecule has 1 heterocycles. The maximum absolute atomic E-state index is 11.7. The Kier molecular flexibility index (Phi) is 6.86. The third-order valence-corrected chi connectivity index (χ3v) is 2.96. The van der Waals surface area contributed by atoms with Crippen molar-refractivity contribution in [3.8, 4) is 0 Å². The van der Waals surface area contributed by atoms with E-state index in [4.69, 9.17) is 29.4 Å². The number of amides is 1. The SMILES string of the molecule is CC(=O)O[C@@H]1O[C@H](C(N)=O)[C@@H](OC(C)=O)[C@H](OC(C)=O)[C@H]1OC(C)=O. The van der Waals surface area contributed by atoms with Gasteiger partial charge in [0.1, 0.15) is 0 Å². The van der Waals surface area contributed by atoms with Crippen LogP contribution in [0.4, 0.5) is 0 Å². The molecule has 0 aromatic carbocycles. The minimum absolute atomic E-state index is 0.818. The number of primary amides is 1. The number of ether oxygens (including phenoxy) is 5. The molecule has 11 heteroatoms. The molecule has 2 N–H and O–H groups in total. The number of carbonyl (C=O) groups excluding carboxylic acids is 5. The van der Waals surface area contributed by atoms with Gasteiger partial charge in [-0.2, -0.15) is 0 Å². The standard InChI is InChI=1S/C14H19NO10/c1-5(16)21-9-10(22-6(2)17)12(23-7(3)18)14(24-8(4)19)25-11(9)13(15)20/h9-12,14H,1-4H3,(H2,15,20)/t9-,10-,11-,12+,14+/m0/s1. The molecular formula is C14H19NO10. The molecule has 0 spiro atoms. The molecule has 1 aliphatic rings. The van der Waals surface area contributed by atoms with Crippen LogP contribution in [0.5, 0.6) is 0 Å². The molecule has 1 saturated heterocycles. The summed E-state index contributed by atoms with van der Waals surface area (Å²) in [6.07, 6.45) is -7.68. The smallest absolute Gasteiger partial charge is 0.305 e. The Bertz CT molecular complexity index is 574. The molecule has 0 radical (unpaired) electrons. The Balaban J connectivity index is 3.33. The van der Waals surface area contributed by atoms with Gasteiger partial charge in [-0.3, -0.25) is 24.0 Å². The van der Waals surface area contributed by atoms with Crippen LogP contribution in [0.1, 0.15) is 27.7 Å². The van der Waals surface area contributed by atoms with Gasteiger partial charge < -0.3 is 29.4 Å². The first kappa shape index (κ1) is 20.4. The molecule has 5 atom stereocenters. The lowest BCUT2D eigenvalue weighted by molar-refractivity contribution is -0.290. The first-order valence-corrected chi connectivity index (χ1v) is 7.16. The number of hydrogen-bond acceptors (Lipinski definition) is 10. The van der Waals surface area contributed by atoms with Gasteiger partial charge >= 0.3 is 23.9 Å². The van der Waals surface area contributed by atoms with Crippen molar-refractivity contribution in [3.05, 3.63) is 0 Å². The average molecular weight is 361 g/mol. The van der Waals surface area contributed by atoms with Crippen molar-refractivity contribution < 1.29 is 47.7 Å². The zero-order valence-electron chi connectivity index (χ0n) is 14.0. The monoisotopic (exact) mass is 361 g/mol. The van der Waals surface area contributed by atoms with E-state index in [-0.39, 0.29) is 0 Å². The van der Waals surface area contributed by atoms with Crippen molar-refractivity contribution >= 4 is 29.8 Å². The highest BCUT2D eigenvalue weighted by Crippen LogP contribution is 2.29. The lowest BCUT2D eigenvalue weighted by Crippen LogP contribution is -2.64. The zero-order chi connectivity index (χ0) is 19.3. The summed E-state index contributed by atoms with van der Waals surface area (Å²) in [5, 5.41) is 0. The van der Waals surface area contributed by atoms with Crippen LogP contribution < -0.4 is 5.73 Å². The fraction of sp³-hybridized carbons (Fsp3) is 0.643. The molecule has 1 fully saturated rings.